The molecular formula is C15H16ClNO5. The van der Waals surface area contributed by atoms with Gasteiger partial charge in [0.1, 0.15) is 11.3 Å². The van der Waals surface area contributed by atoms with Crippen molar-refractivity contribution < 1.29 is 19.2 Å². The lowest BCUT2D eigenvalue weighted by Crippen LogP contribution is -2.17. The fourth-order valence-corrected chi connectivity index (χ4v) is 2.19. The smallest absolute Gasteiger partial charge is 0.339 e. The lowest BCUT2D eigenvalue weighted by Gasteiger charge is -2.08. The number of fused-ring (bicyclic) bond motifs is 1. The van der Waals surface area contributed by atoms with Crippen LogP contribution in [0.5, 0.6) is 5.75 Å². The minimum atomic E-state index is -0.496. The van der Waals surface area contributed by atoms with Crippen LogP contribution in [0.2, 0.25) is 5.02 Å². The normalized spacial score (nSPS) is 10.6. The van der Waals surface area contributed by atoms with Crippen molar-refractivity contribution >= 4 is 28.5 Å². The first-order valence-electron chi connectivity index (χ1n) is 6.89. The van der Waals surface area contributed by atoms with Crippen molar-refractivity contribution in [1.82, 2.24) is 5.48 Å². The van der Waals surface area contributed by atoms with Gasteiger partial charge in [0, 0.05) is 17.5 Å². The van der Waals surface area contributed by atoms with Gasteiger partial charge in [-0.1, -0.05) is 11.6 Å². The van der Waals surface area contributed by atoms with Gasteiger partial charge in [0.25, 0.3) is 0 Å². The van der Waals surface area contributed by atoms with Crippen LogP contribution in [0.1, 0.15) is 25.7 Å². The van der Waals surface area contributed by atoms with Crippen LogP contribution in [0.4, 0.5) is 0 Å². The molecule has 22 heavy (non-hydrogen) atoms. The quantitative estimate of drug-likeness (QED) is 0.353. The number of carbonyl (C=O) groups is 1. The van der Waals surface area contributed by atoms with E-state index in [4.69, 9.17) is 26.0 Å². The maximum Gasteiger partial charge on any atom is 0.339 e. The number of hydrogen-bond donors (Lipinski definition) is 2. The monoisotopic (exact) mass is 325 g/mol. The molecule has 1 heterocycles. The Bertz CT molecular complexity index is 713. The van der Waals surface area contributed by atoms with E-state index in [2.05, 4.69) is 0 Å². The maximum absolute atomic E-state index is 11.5. The molecule has 6 nitrogen and oxygen atoms in total. The van der Waals surface area contributed by atoms with Gasteiger partial charge in [-0.25, -0.2) is 10.3 Å². The molecule has 0 unspecified atom stereocenters. The highest BCUT2D eigenvalue weighted by atomic mass is 35.5. The Balaban J connectivity index is 1.92. The standard InChI is InChI=1S/C15H16ClNO5/c16-10-5-6-11-12(9-15(19)22-13(11)8-10)21-7-3-1-2-4-14(18)17-20/h5-6,8-9,20H,1-4,7H2,(H,17,18). The zero-order valence-corrected chi connectivity index (χ0v) is 12.6. The number of nitrogens with one attached hydrogen (secondary N) is 1. The van der Waals surface area contributed by atoms with Crippen molar-refractivity contribution in [3.05, 3.63) is 39.7 Å². The summed E-state index contributed by atoms with van der Waals surface area (Å²) >= 11 is 5.87. The Morgan fingerprint density at radius 2 is 2.09 bits per heavy atom. The Hall–Kier alpha value is -2.05. The van der Waals surface area contributed by atoms with Crippen molar-refractivity contribution in [3.63, 3.8) is 0 Å². The second-order valence-electron chi connectivity index (χ2n) is 4.76. The average Bonchev–Trinajstić information content (AvgIpc) is 2.49. The number of amides is 1. The van der Waals surface area contributed by atoms with Gasteiger partial charge in [-0.2, -0.15) is 0 Å². The predicted octanol–water partition coefficient (Wildman–Crippen LogP) is 2.89. The molecule has 0 bridgehead atoms. The van der Waals surface area contributed by atoms with Gasteiger partial charge in [-0.15, -0.1) is 0 Å². The van der Waals surface area contributed by atoms with Crippen LogP contribution in [-0.2, 0) is 4.79 Å². The fourth-order valence-electron chi connectivity index (χ4n) is 2.03. The Kier molecular flexibility index (Phi) is 5.80. The number of halogens is 1. The Labute approximate surface area is 131 Å². The van der Waals surface area contributed by atoms with Gasteiger partial charge in [-0.3, -0.25) is 10.0 Å². The molecule has 2 rings (SSSR count). The summed E-state index contributed by atoms with van der Waals surface area (Å²) in [5, 5.41) is 9.53. The van der Waals surface area contributed by atoms with E-state index in [1.807, 2.05) is 0 Å². The topological polar surface area (TPSA) is 88.8 Å². The van der Waals surface area contributed by atoms with E-state index < -0.39 is 11.5 Å². The molecule has 118 valence electrons. The van der Waals surface area contributed by atoms with Gasteiger partial charge in [-0.05, 0) is 31.4 Å². The van der Waals surface area contributed by atoms with Crippen molar-refractivity contribution in [2.75, 3.05) is 6.61 Å². The number of carbonyl (C=O) groups excluding carboxylic acids is 1. The van der Waals surface area contributed by atoms with Crippen LogP contribution in [0, 0.1) is 0 Å². The summed E-state index contributed by atoms with van der Waals surface area (Å²) in [6.07, 6.45) is 2.43. The van der Waals surface area contributed by atoms with E-state index in [1.165, 1.54) is 6.07 Å². The summed E-state index contributed by atoms with van der Waals surface area (Å²) in [7, 11) is 0. The molecular weight excluding hydrogens is 310 g/mol. The first-order chi connectivity index (χ1) is 10.6. The van der Waals surface area contributed by atoms with Crippen LogP contribution in [-0.4, -0.2) is 17.7 Å². The van der Waals surface area contributed by atoms with E-state index in [1.54, 1.807) is 23.7 Å². The first kappa shape index (κ1) is 16.3. The van der Waals surface area contributed by atoms with Gasteiger partial charge in [0.2, 0.25) is 5.91 Å². The third-order valence-corrected chi connectivity index (χ3v) is 3.33. The number of ether oxygens (including phenoxy) is 1. The molecule has 0 spiro atoms. The highest BCUT2D eigenvalue weighted by molar-refractivity contribution is 6.31. The lowest BCUT2D eigenvalue weighted by atomic mass is 10.2. The summed E-state index contributed by atoms with van der Waals surface area (Å²) in [6.45, 7) is 0.419. The first-order valence-corrected chi connectivity index (χ1v) is 7.27. The zero-order chi connectivity index (χ0) is 15.9. The fraction of sp³-hybridized carbons (Fsp3) is 0.333. The second-order valence-corrected chi connectivity index (χ2v) is 5.20. The van der Waals surface area contributed by atoms with Crippen LogP contribution in [0.3, 0.4) is 0 Å². The molecule has 1 aromatic carbocycles. The molecule has 2 aromatic rings. The van der Waals surface area contributed by atoms with Crippen molar-refractivity contribution in [3.8, 4) is 5.75 Å². The number of hydroxylamine groups is 1. The number of unbranched alkanes of at least 4 members (excludes halogenated alkanes) is 2. The molecule has 0 aliphatic heterocycles. The molecule has 1 amide bonds. The van der Waals surface area contributed by atoms with Crippen LogP contribution in [0.25, 0.3) is 11.0 Å². The lowest BCUT2D eigenvalue weighted by molar-refractivity contribution is -0.129. The molecule has 0 aliphatic carbocycles. The zero-order valence-electron chi connectivity index (χ0n) is 11.8. The van der Waals surface area contributed by atoms with Crippen LogP contribution < -0.4 is 15.8 Å². The van der Waals surface area contributed by atoms with Crippen LogP contribution >= 0.6 is 11.6 Å². The third-order valence-electron chi connectivity index (χ3n) is 3.10. The summed E-state index contributed by atoms with van der Waals surface area (Å²) in [6, 6.07) is 6.31. The van der Waals surface area contributed by atoms with Gasteiger partial charge < -0.3 is 9.15 Å². The molecule has 2 N–H and O–H groups in total. The average molecular weight is 326 g/mol. The van der Waals surface area contributed by atoms with E-state index in [-0.39, 0.29) is 6.42 Å². The van der Waals surface area contributed by atoms with Crippen molar-refractivity contribution in [1.29, 1.82) is 0 Å². The molecule has 0 atom stereocenters. The van der Waals surface area contributed by atoms with Crippen LogP contribution in [0.15, 0.2) is 33.5 Å². The number of benzene rings is 1. The van der Waals surface area contributed by atoms with E-state index in [0.717, 1.165) is 12.8 Å². The molecule has 1 aromatic heterocycles. The Morgan fingerprint density at radius 1 is 1.27 bits per heavy atom. The summed E-state index contributed by atoms with van der Waals surface area (Å²) in [5.74, 6) is 0.0560. The summed E-state index contributed by atoms with van der Waals surface area (Å²) < 4.78 is 10.7. The van der Waals surface area contributed by atoms with Crippen molar-refractivity contribution in [2.24, 2.45) is 0 Å². The highest BCUT2D eigenvalue weighted by Crippen LogP contribution is 2.26. The maximum atomic E-state index is 11.5. The minimum absolute atomic E-state index is 0.271. The number of rotatable bonds is 7. The minimum Gasteiger partial charge on any atom is -0.493 e. The SMILES string of the molecule is O=C(CCCCCOc1cc(=O)oc2cc(Cl)ccc12)NO. The molecule has 0 saturated heterocycles. The second kappa shape index (κ2) is 7.82. The van der Waals surface area contributed by atoms with E-state index in [0.29, 0.717) is 34.8 Å². The Morgan fingerprint density at radius 3 is 2.86 bits per heavy atom. The number of hydrogen-bond acceptors (Lipinski definition) is 5. The van der Waals surface area contributed by atoms with Gasteiger partial charge >= 0.3 is 5.63 Å². The van der Waals surface area contributed by atoms with E-state index >= 15 is 0 Å². The largest absolute Gasteiger partial charge is 0.493 e. The van der Waals surface area contributed by atoms with Gasteiger partial charge in [0.15, 0.2) is 0 Å². The van der Waals surface area contributed by atoms with Crippen molar-refractivity contribution in [2.45, 2.75) is 25.7 Å². The molecule has 0 fully saturated rings. The molecule has 0 radical (unpaired) electrons. The molecule has 0 saturated carbocycles. The van der Waals surface area contributed by atoms with Gasteiger partial charge in [0.05, 0.1) is 18.1 Å². The molecule has 0 aliphatic rings. The summed E-state index contributed by atoms with van der Waals surface area (Å²) in [4.78, 5) is 22.3. The third kappa shape index (κ3) is 4.47. The predicted molar refractivity (Wildman–Crippen MR) is 81.4 cm³/mol. The highest BCUT2D eigenvalue weighted by Gasteiger charge is 2.07. The van der Waals surface area contributed by atoms with E-state index in [9.17, 15) is 9.59 Å². The molecule has 7 heteroatoms. The summed E-state index contributed by atoms with van der Waals surface area (Å²) in [5.41, 5.74) is 1.47.